The molecule has 156 valence electrons. The van der Waals surface area contributed by atoms with Crippen LogP contribution in [0.4, 0.5) is 5.69 Å². The zero-order chi connectivity index (χ0) is 21.0. The highest BCUT2D eigenvalue weighted by Crippen LogP contribution is 2.36. The van der Waals surface area contributed by atoms with Crippen molar-refractivity contribution >= 4 is 17.0 Å². The predicted molar refractivity (Wildman–Crippen MR) is 125 cm³/mol. The Hall–Kier alpha value is -3.31. The van der Waals surface area contributed by atoms with Gasteiger partial charge in [-0.2, -0.15) is 0 Å². The summed E-state index contributed by atoms with van der Waals surface area (Å²) in [5.74, 6) is 1.60. The van der Waals surface area contributed by atoms with Gasteiger partial charge < -0.3 is 14.0 Å². The molecule has 0 saturated carbocycles. The monoisotopic (exact) mass is 428 g/mol. The molecular weight excluding hydrogens is 404 g/mol. The van der Waals surface area contributed by atoms with Crippen LogP contribution in [0.25, 0.3) is 11.3 Å². The highest BCUT2D eigenvalue weighted by Gasteiger charge is 2.16. The molecule has 4 nitrogen and oxygen atoms in total. The number of aromatic nitrogens is 1. The first-order valence-electron chi connectivity index (χ1n) is 10.6. The molecule has 31 heavy (non-hydrogen) atoms. The number of rotatable bonds is 6. The second-order valence-electron chi connectivity index (χ2n) is 7.49. The van der Waals surface area contributed by atoms with Crippen molar-refractivity contribution in [2.45, 2.75) is 26.3 Å². The molecule has 0 N–H and O–H groups in total. The quantitative estimate of drug-likeness (QED) is 0.379. The summed E-state index contributed by atoms with van der Waals surface area (Å²) in [6.45, 7) is 3.30. The normalized spacial score (nSPS) is 13.0. The van der Waals surface area contributed by atoms with E-state index >= 15 is 0 Å². The Labute approximate surface area is 186 Å². The molecular formula is C26H24N2O2S. The Kier molecular flexibility index (Phi) is 5.59. The number of ether oxygens (including phenoxy) is 2. The minimum atomic E-state index is 0.283. The third-order valence-electron chi connectivity index (χ3n) is 5.50. The lowest BCUT2D eigenvalue weighted by Gasteiger charge is -2.10. The number of hydrogen-bond acceptors (Lipinski definition) is 4. The Balaban J connectivity index is 1.54. The molecule has 0 spiro atoms. The number of hydrogen-bond donors (Lipinski definition) is 0. The topological polar surface area (TPSA) is 35.8 Å². The predicted octanol–water partition coefficient (Wildman–Crippen LogP) is 5.98. The zero-order valence-corrected chi connectivity index (χ0v) is 18.3. The molecule has 0 radical (unpaired) electrons. The van der Waals surface area contributed by atoms with E-state index in [1.54, 1.807) is 11.3 Å². The summed E-state index contributed by atoms with van der Waals surface area (Å²) in [5, 5.41) is 2.18. The van der Waals surface area contributed by atoms with E-state index in [0.717, 1.165) is 52.6 Å². The van der Waals surface area contributed by atoms with Crippen molar-refractivity contribution in [3.63, 3.8) is 0 Å². The second-order valence-corrected chi connectivity index (χ2v) is 8.33. The first-order valence-corrected chi connectivity index (χ1v) is 11.4. The zero-order valence-electron chi connectivity index (χ0n) is 17.5. The molecule has 4 aromatic rings. The molecule has 0 aliphatic carbocycles. The Bertz CT molecular complexity index is 1240. The van der Waals surface area contributed by atoms with Crippen LogP contribution in [-0.4, -0.2) is 11.4 Å². The number of benzene rings is 3. The summed E-state index contributed by atoms with van der Waals surface area (Å²) in [6.07, 6.45) is 1.97. The molecule has 1 aromatic heterocycles. The van der Waals surface area contributed by atoms with Crippen molar-refractivity contribution in [2.75, 3.05) is 6.79 Å². The molecule has 0 fully saturated rings. The Morgan fingerprint density at radius 1 is 0.903 bits per heavy atom. The minimum Gasteiger partial charge on any atom is -0.454 e. The molecule has 3 aromatic carbocycles. The third kappa shape index (κ3) is 4.28. The second kappa shape index (κ2) is 8.82. The van der Waals surface area contributed by atoms with Gasteiger partial charge in [0.2, 0.25) is 6.79 Å². The van der Waals surface area contributed by atoms with Gasteiger partial charge in [-0.25, -0.2) is 4.99 Å². The summed E-state index contributed by atoms with van der Waals surface area (Å²) in [5.41, 5.74) is 5.86. The van der Waals surface area contributed by atoms with Crippen LogP contribution in [-0.2, 0) is 19.4 Å². The molecule has 5 heteroatoms. The average Bonchev–Trinajstić information content (AvgIpc) is 3.45. The maximum absolute atomic E-state index is 5.60. The van der Waals surface area contributed by atoms with E-state index < -0.39 is 0 Å². The standard InChI is InChI=1S/C26H24N2O2S/c1-2-19-8-11-22(12-9-19)27-26-28(15-14-20-6-4-3-5-7-20)23(17-31-26)21-10-13-24-25(16-21)30-18-29-24/h3-13,16-17H,2,14-15,18H2,1H3. The summed E-state index contributed by atoms with van der Waals surface area (Å²) < 4.78 is 13.4. The Morgan fingerprint density at radius 2 is 1.71 bits per heavy atom. The lowest BCUT2D eigenvalue weighted by Crippen LogP contribution is -2.17. The molecule has 0 unspecified atom stereocenters. The molecule has 2 heterocycles. The first-order chi connectivity index (χ1) is 15.3. The lowest BCUT2D eigenvalue weighted by molar-refractivity contribution is 0.174. The number of fused-ring (bicyclic) bond motifs is 1. The molecule has 0 amide bonds. The van der Waals surface area contributed by atoms with E-state index in [1.807, 2.05) is 6.07 Å². The fourth-order valence-corrected chi connectivity index (χ4v) is 4.68. The summed E-state index contributed by atoms with van der Waals surface area (Å²) in [7, 11) is 0. The maximum Gasteiger partial charge on any atom is 0.231 e. The number of nitrogens with zero attached hydrogens (tertiary/aromatic N) is 2. The summed E-state index contributed by atoms with van der Waals surface area (Å²) >= 11 is 1.67. The van der Waals surface area contributed by atoms with E-state index in [0.29, 0.717) is 0 Å². The largest absolute Gasteiger partial charge is 0.454 e. The molecule has 0 saturated heterocycles. The van der Waals surface area contributed by atoms with Crippen molar-refractivity contribution in [3.05, 3.63) is 94.1 Å². The van der Waals surface area contributed by atoms with Gasteiger partial charge in [0, 0.05) is 17.5 Å². The van der Waals surface area contributed by atoms with Crippen molar-refractivity contribution < 1.29 is 9.47 Å². The SMILES string of the molecule is CCc1ccc(N=c2scc(-c3ccc4c(c3)OCO4)n2CCc2ccccc2)cc1. The summed E-state index contributed by atoms with van der Waals surface area (Å²) in [4.78, 5) is 5.97. The third-order valence-corrected chi connectivity index (χ3v) is 6.37. The average molecular weight is 429 g/mol. The van der Waals surface area contributed by atoms with Crippen molar-refractivity contribution in [2.24, 2.45) is 4.99 Å². The van der Waals surface area contributed by atoms with Crippen LogP contribution in [0.3, 0.4) is 0 Å². The molecule has 1 aliphatic rings. The van der Waals surface area contributed by atoms with Gasteiger partial charge in [-0.05, 0) is 54.3 Å². The van der Waals surface area contributed by atoms with Gasteiger partial charge in [0.1, 0.15) is 0 Å². The highest BCUT2D eigenvalue weighted by atomic mass is 32.1. The van der Waals surface area contributed by atoms with Crippen LogP contribution in [0.15, 0.2) is 83.2 Å². The van der Waals surface area contributed by atoms with E-state index in [2.05, 4.69) is 83.6 Å². The molecule has 1 aliphatic heterocycles. The van der Waals surface area contributed by atoms with E-state index in [-0.39, 0.29) is 6.79 Å². The smallest absolute Gasteiger partial charge is 0.231 e. The lowest BCUT2D eigenvalue weighted by atomic mass is 10.1. The fraction of sp³-hybridized carbons (Fsp3) is 0.192. The van der Waals surface area contributed by atoms with Crippen molar-refractivity contribution in [1.82, 2.24) is 4.57 Å². The number of aryl methyl sites for hydroxylation is 2. The van der Waals surface area contributed by atoms with Gasteiger partial charge in [0.25, 0.3) is 0 Å². The van der Waals surface area contributed by atoms with Crippen LogP contribution >= 0.6 is 11.3 Å². The van der Waals surface area contributed by atoms with Crippen molar-refractivity contribution in [3.8, 4) is 22.8 Å². The van der Waals surface area contributed by atoms with E-state index in [9.17, 15) is 0 Å². The van der Waals surface area contributed by atoms with Gasteiger partial charge in [-0.3, -0.25) is 0 Å². The van der Waals surface area contributed by atoms with Gasteiger partial charge in [-0.1, -0.05) is 49.4 Å². The Morgan fingerprint density at radius 3 is 2.52 bits per heavy atom. The van der Waals surface area contributed by atoms with Gasteiger partial charge in [-0.15, -0.1) is 11.3 Å². The highest BCUT2D eigenvalue weighted by molar-refractivity contribution is 7.07. The van der Waals surface area contributed by atoms with Crippen LogP contribution in [0.1, 0.15) is 18.1 Å². The molecule has 0 atom stereocenters. The van der Waals surface area contributed by atoms with Crippen molar-refractivity contribution in [1.29, 1.82) is 0 Å². The van der Waals surface area contributed by atoms with Crippen LogP contribution in [0.5, 0.6) is 11.5 Å². The van der Waals surface area contributed by atoms with Gasteiger partial charge in [0.05, 0.1) is 11.4 Å². The van der Waals surface area contributed by atoms with E-state index in [1.165, 1.54) is 11.1 Å². The maximum atomic E-state index is 5.60. The van der Waals surface area contributed by atoms with E-state index in [4.69, 9.17) is 14.5 Å². The number of thiazole rings is 1. The van der Waals surface area contributed by atoms with Crippen LogP contribution in [0.2, 0.25) is 0 Å². The van der Waals surface area contributed by atoms with Gasteiger partial charge in [0.15, 0.2) is 16.3 Å². The minimum absolute atomic E-state index is 0.283. The van der Waals surface area contributed by atoms with Crippen LogP contribution in [0, 0.1) is 0 Å². The fourth-order valence-electron chi connectivity index (χ4n) is 3.72. The summed E-state index contributed by atoms with van der Waals surface area (Å²) in [6, 6.07) is 25.2. The van der Waals surface area contributed by atoms with Gasteiger partial charge >= 0.3 is 0 Å². The molecule has 5 rings (SSSR count). The first kappa shape index (κ1) is 19.6. The van der Waals surface area contributed by atoms with Crippen LogP contribution < -0.4 is 14.3 Å². The molecule has 0 bridgehead atoms.